The first kappa shape index (κ1) is 22.6. The van der Waals surface area contributed by atoms with Gasteiger partial charge in [-0.2, -0.15) is 0 Å². The van der Waals surface area contributed by atoms with Crippen LogP contribution in [0.4, 0.5) is 0 Å². The summed E-state index contributed by atoms with van der Waals surface area (Å²) in [7, 11) is -0.351. The Balaban J connectivity index is 1.47. The summed E-state index contributed by atoms with van der Waals surface area (Å²) in [6, 6.07) is 14.1. The molecule has 1 N–H and O–H groups in total. The molecule has 0 spiro atoms. The minimum atomic E-state index is -3.57. The lowest BCUT2D eigenvalue weighted by molar-refractivity contribution is -0.129. The summed E-state index contributed by atoms with van der Waals surface area (Å²) in [6.07, 6.45) is 1.32. The largest absolute Gasteiger partial charge is 0.497 e. The van der Waals surface area contributed by atoms with Gasteiger partial charge in [-0.1, -0.05) is 25.1 Å². The topological polar surface area (TPSA) is 84.9 Å². The highest BCUT2D eigenvalue weighted by Gasteiger charge is 2.50. The Labute approximate surface area is 189 Å². The van der Waals surface area contributed by atoms with Crippen LogP contribution < -0.4 is 14.2 Å². The average molecular weight is 459 g/mol. The highest BCUT2D eigenvalue weighted by Crippen LogP contribution is 2.46. The molecule has 0 aromatic heterocycles. The number of likely N-dealkylation sites (tertiary alicyclic amines) is 1. The molecule has 0 radical (unpaired) electrons. The van der Waals surface area contributed by atoms with E-state index in [1.165, 1.54) is 0 Å². The lowest BCUT2D eigenvalue weighted by Crippen LogP contribution is -2.34. The first-order valence-electron chi connectivity index (χ1n) is 10.9. The van der Waals surface area contributed by atoms with Crippen LogP contribution >= 0.6 is 0 Å². The van der Waals surface area contributed by atoms with Crippen molar-refractivity contribution in [3.05, 3.63) is 54.1 Å². The van der Waals surface area contributed by atoms with Crippen molar-refractivity contribution >= 4 is 15.9 Å². The van der Waals surface area contributed by atoms with Crippen molar-refractivity contribution in [1.29, 1.82) is 0 Å². The van der Waals surface area contributed by atoms with Gasteiger partial charge in [-0.15, -0.1) is 0 Å². The number of hydrogen-bond acceptors (Lipinski definition) is 5. The number of hydrogen-bond donors (Lipinski definition) is 1. The van der Waals surface area contributed by atoms with E-state index in [0.29, 0.717) is 36.9 Å². The molecule has 2 fully saturated rings. The zero-order valence-corrected chi connectivity index (χ0v) is 19.5. The predicted octanol–water partition coefficient (Wildman–Crippen LogP) is 3.06. The Kier molecular flexibility index (Phi) is 6.44. The number of carbonyl (C=O) groups excluding carboxylic acids is 1. The summed E-state index contributed by atoms with van der Waals surface area (Å²) < 4.78 is 38.9. The standard InChI is InChI=1S/C24H30N2O5S/c1-16-11-22-20(21(16)14-25-32(28,29)19-7-5-4-6-8-19)13-24(27)26(22)15-17-9-10-18(30-2)12-23(17)31-3/h4-10,12,16,20-22,25H,11,13-15H2,1-3H3/t16-,20-,21+,22+/m0/s1. The number of ether oxygens (including phenoxy) is 2. The third-order valence-electron chi connectivity index (χ3n) is 6.92. The van der Waals surface area contributed by atoms with Gasteiger partial charge in [-0.25, -0.2) is 13.1 Å². The SMILES string of the molecule is COc1ccc(CN2C(=O)C[C@H]3[C@H](CNS(=O)(=O)c4ccccc4)[C@@H](C)C[C@H]32)c(OC)c1. The number of fused-ring (bicyclic) bond motifs is 1. The van der Waals surface area contributed by atoms with E-state index in [-0.39, 0.29) is 28.7 Å². The van der Waals surface area contributed by atoms with E-state index >= 15 is 0 Å². The van der Waals surface area contributed by atoms with Gasteiger partial charge in [0.2, 0.25) is 15.9 Å². The third-order valence-corrected chi connectivity index (χ3v) is 8.36. The highest BCUT2D eigenvalue weighted by molar-refractivity contribution is 7.89. The number of carbonyl (C=O) groups is 1. The van der Waals surface area contributed by atoms with Gasteiger partial charge in [0, 0.05) is 37.2 Å². The zero-order valence-electron chi connectivity index (χ0n) is 18.7. The average Bonchev–Trinajstić information content (AvgIpc) is 3.26. The summed E-state index contributed by atoms with van der Waals surface area (Å²) in [5.41, 5.74) is 0.934. The molecule has 172 valence electrons. The monoisotopic (exact) mass is 458 g/mol. The second-order valence-corrected chi connectivity index (χ2v) is 10.4. The van der Waals surface area contributed by atoms with E-state index in [1.54, 1.807) is 44.6 Å². The normalized spacial score (nSPS) is 25.1. The fraction of sp³-hybridized carbons (Fsp3) is 0.458. The van der Waals surface area contributed by atoms with Crippen molar-refractivity contribution in [2.45, 2.75) is 37.2 Å². The van der Waals surface area contributed by atoms with Crippen LogP contribution in [0, 0.1) is 17.8 Å². The van der Waals surface area contributed by atoms with E-state index in [4.69, 9.17) is 9.47 Å². The summed E-state index contributed by atoms with van der Waals surface area (Å²) in [5, 5.41) is 0. The molecule has 2 aromatic carbocycles. The third kappa shape index (κ3) is 4.34. The van der Waals surface area contributed by atoms with Crippen LogP contribution in [-0.4, -0.2) is 46.0 Å². The number of benzene rings is 2. The van der Waals surface area contributed by atoms with Crippen LogP contribution in [-0.2, 0) is 21.4 Å². The van der Waals surface area contributed by atoms with Crippen molar-refractivity contribution in [2.24, 2.45) is 17.8 Å². The van der Waals surface area contributed by atoms with Crippen molar-refractivity contribution in [3.63, 3.8) is 0 Å². The van der Waals surface area contributed by atoms with Crippen molar-refractivity contribution < 1.29 is 22.7 Å². The lowest BCUT2D eigenvalue weighted by Gasteiger charge is -2.25. The van der Waals surface area contributed by atoms with Gasteiger partial charge in [0.05, 0.1) is 19.1 Å². The van der Waals surface area contributed by atoms with Gasteiger partial charge in [0.15, 0.2) is 0 Å². The van der Waals surface area contributed by atoms with E-state index in [9.17, 15) is 13.2 Å². The van der Waals surface area contributed by atoms with E-state index in [0.717, 1.165) is 12.0 Å². The minimum Gasteiger partial charge on any atom is -0.497 e. The minimum absolute atomic E-state index is 0.107. The van der Waals surface area contributed by atoms with Crippen LogP contribution in [0.15, 0.2) is 53.4 Å². The Morgan fingerprint density at radius 3 is 2.53 bits per heavy atom. The molecule has 1 aliphatic heterocycles. The second-order valence-electron chi connectivity index (χ2n) is 8.68. The number of nitrogens with zero attached hydrogens (tertiary/aromatic N) is 1. The first-order valence-corrected chi connectivity index (χ1v) is 12.4. The molecule has 1 saturated heterocycles. The first-order chi connectivity index (χ1) is 15.3. The van der Waals surface area contributed by atoms with E-state index in [2.05, 4.69) is 11.6 Å². The zero-order chi connectivity index (χ0) is 22.9. The molecule has 4 atom stereocenters. The van der Waals surface area contributed by atoms with Gasteiger partial charge >= 0.3 is 0 Å². The molecule has 7 nitrogen and oxygen atoms in total. The molecule has 1 saturated carbocycles. The molecule has 0 bridgehead atoms. The van der Waals surface area contributed by atoms with Crippen LogP contribution in [0.2, 0.25) is 0 Å². The number of methoxy groups -OCH3 is 2. The Hall–Kier alpha value is -2.58. The maximum Gasteiger partial charge on any atom is 0.240 e. The molecule has 2 aliphatic rings. The summed E-state index contributed by atoms with van der Waals surface area (Å²) in [4.78, 5) is 15.1. The lowest BCUT2D eigenvalue weighted by atomic mass is 9.89. The quantitative estimate of drug-likeness (QED) is 0.657. The van der Waals surface area contributed by atoms with Crippen LogP contribution in [0.25, 0.3) is 0 Å². The number of sulfonamides is 1. The van der Waals surface area contributed by atoms with Crippen molar-refractivity contribution in [2.75, 3.05) is 20.8 Å². The van der Waals surface area contributed by atoms with Crippen LogP contribution in [0.3, 0.4) is 0 Å². The maximum atomic E-state index is 12.9. The van der Waals surface area contributed by atoms with Gasteiger partial charge in [-0.05, 0) is 48.4 Å². The fourth-order valence-electron chi connectivity index (χ4n) is 5.20. The number of amides is 1. The summed E-state index contributed by atoms with van der Waals surface area (Å²) >= 11 is 0. The Morgan fingerprint density at radius 1 is 1.09 bits per heavy atom. The number of rotatable bonds is 8. The van der Waals surface area contributed by atoms with Gasteiger partial charge in [-0.3, -0.25) is 4.79 Å². The maximum absolute atomic E-state index is 12.9. The second kappa shape index (κ2) is 9.11. The molecule has 32 heavy (non-hydrogen) atoms. The van der Waals surface area contributed by atoms with Crippen LogP contribution in [0.1, 0.15) is 25.3 Å². The van der Waals surface area contributed by atoms with Gasteiger partial charge in [0.25, 0.3) is 0 Å². The molecule has 0 unspecified atom stereocenters. The molecule has 2 aromatic rings. The molecule has 1 aliphatic carbocycles. The summed E-state index contributed by atoms with van der Waals surface area (Å²) in [5.74, 6) is 2.08. The highest BCUT2D eigenvalue weighted by atomic mass is 32.2. The van der Waals surface area contributed by atoms with Gasteiger partial charge < -0.3 is 14.4 Å². The molecule has 4 rings (SSSR count). The molecular formula is C24H30N2O5S. The molecular weight excluding hydrogens is 428 g/mol. The van der Waals surface area contributed by atoms with Crippen molar-refractivity contribution in [1.82, 2.24) is 9.62 Å². The van der Waals surface area contributed by atoms with Crippen LogP contribution in [0.5, 0.6) is 11.5 Å². The molecule has 1 amide bonds. The Bertz CT molecular complexity index is 1070. The Morgan fingerprint density at radius 2 is 1.84 bits per heavy atom. The van der Waals surface area contributed by atoms with Crippen molar-refractivity contribution in [3.8, 4) is 11.5 Å². The smallest absolute Gasteiger partial charge is 0.240 e. The molecule has 8 heteroatoms. The van der Waals surface area contributed by atoms with E-state index in [1.807, 2.05) is 23.1 Å². The summed E-state index contributed by atoms with van der Waals surface area (Å²) in [6.45, 7) is 2.96. The fourth-order valence-corrected chi connectivity index (χ4v) is 6.29. The molecule has 1 heterocycles. The number of nitrogens with one attached hydrogen (secondary N) is 1. The predicted molar refractivity (Wildman–Crippen MR) is 121 cm³/mol. The van der Waals surface area contributed by atoms with Gasteiger partial charge in [0.1, 0.15) is 11.5 Å². The van der Waals surface area contributed by atoms with E-state index < -0.39 is 10.0 Å².